The number of nitrogens with zero attached hydrogens (tertiary/aromatic N) is 4. The number of amides is 1. The third kappa shape index (κ3) is 2.56. The zero-order valence-electron chi connectivity index (χ0n) is 8.97. The molecule has 0 fully saturated rings. The van der Waals surface area contributed by atoms with Crippen LogP contribution in [0.2, 0.25) is 0 Å². The SMILES string of the molecule is CC(=O)NCCNc1nc2nonc2nc1O. The third-order valence-corrected chi connectivity index (χ3v) is 1.89. The van der Waals surface area contributed by atoms with E-state index in [9.17, 15) is 9.90 Å². The Morgan fingerprint density at radius 2 is 2.00 bits per heavy atom. The van der Waals surface area contributed by atoms with Crippen molar-refractivity contribution in [2.75, 3.05) is 18.4 Å². The molecule has 2 aromatic heterocycles. The molecule has 0 saturated heterocycles. The van der Waals surface area contributed by atoms with Crippen molar-refractivity contribution in [2.45, 2.75) is 6.92 Å². The maximum absolute atomic E-state index is 10.6. The average Bonchev–Trinajstić information content (AvgIpc) is 2.71. The molecule has 0 bridgehead atoms. The van der Waals surface area contributed by atoms with Gasteiger partial charge < -0.3 is 15.7 Å². The lowest BCUT2D eigenvalue weighted by atomic mass is 10.5. The summed E-state index contributed by atoms with van der Waals surface area (Å²) in [5, 5.41) is 21.8. The number of fused-ring (bicyclic) bond motifs is 1. The number of aromatic nitrogens is 4. The van der Waals surface area contributed by atoms with Crippen LogP contribution in [0.5, 0.6) is 5.88 Å². The van der Waals surface area contributed by atoms with Crippen LogP contribution in [0.15, 0.2) is 4.63 Å². The van der Waals surface area contributed by atoms with Gasteiger partial charge in [-0.15, -0.1) is 0 Å². The van der Waals surface area contributed by atoms with Crippen LogP contribution in [0.25, 0.3) is 11.3 Å². The molecule has 0 aliphatic carbocycles. The molecule has 0 spiro atoms. The van der Waals surface area contributed by atoms with Crippen LogP contribution in [0, 0.1) is 0 Å². The Hall–Kier alpha value is -2.45. The first-order valence-corrected chi connectivity index (χ1v) is 4.84. The zero-order chi connectivity index (χ0) is 12.3. The van der Waals surface area contributed by atoms with Gasteiger partial charge in [-0.05, 0) is 10.3 Å². The maximum Gasteiger partial charge on any atom is 0.257 e. The van der Waals surface area contributed by atoms with Crippen LogP contribution in [-0.2, 0) is 4.79 Å². The smallest absolute Gasteiger partial charge is 0.257 e. The molecule has 0 aliphatic heterocycles. The van der Waals surface area contributed by atoms with Gasteiger partial charge >= 0.3 is 0 Å². The molecule has 0 aliphatic rings. The highest BCUT2D eigenvalue weighted by Gasteiger charge is 2.10. The normalized spacial score (nSPS) is 10.4. The number of rotatable bonds is 4. The number of carbonyl (C=O) groups is 1. The highest BCUT2D eigenvalue weighted by Crippen LogP contribution is 2.19. The molecule has 0 unspecified atom stereocenters. The van der Waals surface area contributed by atoms with E-state index in [1.165, 1.54) is 6.92 Å². The predicted molar refractivity (Wildman–Crippen MR) is 56.2 cm³/mol. The van der Waals surface area contributed by atoms with Crippen molar-refractivity contribution in [1.82, 2.24) is 25.6 Å². The number of hydrogen-bond donors (Lipinski definition) is 3. The molecule has 9 heteroatoms. The van der Waals surface area contributed by atoms with Gasteiger partial charge in [-0.2, -0.15) is 9.97 Å². The summed E-state index contributed by atoms with van der Waals surface area (Å²) in [5.74, 6) is -0.257. The van der Waals surface area contributed by atoms with E-state index in [-0.39, 0.29) is 28.9 Å². The van der Waals surface area contributed by atoms with Gasteiger partial charge in [0.2, 0.25) is 17.2 Å². The van der Waals surface area contributed by atoms with E-state index in [1.807, 2.05) is 0 Å². The van der Waals surface area contributed by atoms with Crippen LogP contribution >= 0.6 is 0 Å². The van der Waals surface area contributed by atoms with Gasteiger partial charge in [-0.3, -0.25) is 4.79 Å². The molecule has 1 amide bonds. The Morgan fingerprint density at radius 1 is 1.29 bits per heavy atom. The standard InChI is InChI=1S/C8H10N6O3/c1-4(15)9-2-3-10-7-8(16)12-6-5(11-7)13-17-14-6/h2-3H2,1H3,(H,9,15)(H,10,11,13)(H,12,14,16). The summed E-state index contributed by atoms with van der Waals surface area (Å²) >= 11 is 0. The van der Waals surface area contributed by atoms with Gasteiger partial charge in [0.1, 0.15) is 0 Å². The quantitative estimate of drug-likeness (QED) is 0.595. The summed E-state index contributed by atoms with van der Waals surface area (Å²) < 4.78 is 4.41. The van der Waals surface area contributed by atoms with Crippen molar-refractivity contribution in [1.29, 1.82) is 0 Å². The van der Waals surface area contributed by atoms with Gasteiger partial charge in [-0.1, -0.05) is 0 Å². The Kier molecular flexibility index (Phi) is 2.99. The first-order valence-electron chi connectivity index (χ1n) is 4.84. The van der Waals surface area contributed by atoms with E-state index in [0.717, 1.165) is 0 Å². The molecule has 0 saturated carbocycles. The van der Waals surface area contributed by atoms with Gasteiger partial charge in [0.05, 0.1) is 0 Å². The van der Waals surface area contributed by atoms with Crippen molar-refractivity contribution < 1.29 is 14.5 Å². The summed E-state index contributed by atoms with van der Waals surface area (Å²) in [4.78, 5) is 18.3. The van der Waals surface area contributed by atoms with Gasteiger partial charge in [0.15, 0.2) is 5.82 Å². The van der Waals surface area contributed by atoms with Crippen LogP contribution in [0.4, 0.5) is 5.82 Å². The molecule has 2 aromatic rings. The second kappa shape index (κ2) is 4.60. The molecule has 2 heterocycles. The minimum atomic E-state index is -0.295. The van der Waals surface area contributed by atoms with Crippen LogP contribution in [0.1, 0.15) is 6.92 Å². The van der Waals surface area contributed by atoms with Crippen LogP contribution in [-0.4, -0.2) is 44.4 Å². The van der Waals surface area contributed by atoms with E-state index in [4.69, 9.17) is 0 Å². The van der Waals surface area contributed by atoms with Crippen LogP contribution in [0.3, 0.4) is 0 Å². The second-order valence-electron chi connectivity index (χ2n) is 3.22. The van der Waals surface area contributed by atoms with E-state index in [0.29, 0.717) is 13.1 Å². The lowest BCUT2D eigenvalue weighted by molar-refractivity contribution is -0.118. The first-order chi connectivity index (χ1) is 8.16. The average molecular weight is 238 g/mol. The zero-order valence-corrected chi connectivity index (χ0v) is 8.97. The molecule has 0 radical (unpaired) electrons. The number of nitrogens with one attached hydrogen (secondary N) is 2. The fraction of sp³-hybridized carbons (Fsp3) is 0.375. The summed E-state index contributed by atoms with van der Waals surface area (Å²) in [5.41, 5.74) is 0.333. The third-order valence-electron chi connectivity index (χ3n) is 1.89. The number of carbonyl (C=O) groups excluding carboxylic acids is 1. The van der Waals surface area contributed by atoms with Gasteiger partial charge in [0.25, 0.3) is 5.88 Å². The summed E-state index contributed by atoms with van der Waals surface area (Å²) in [6.07, 6.45) is 0. The van der Waals surface area contributed by atoms with E-state index < -0.39 is 0 Å². The molecule has 3 N–H and O–H groups in total. The Balaban J connectivity index is 2.02. The summed E-state index contributed by atoms with van der Waals surface area (Å²) in [6.45, 7) is 2.23. The summed E-state index contributed by atoms with van der Waals surface area (Å²) in [7, 11) is 0. The number of anilines is 1. The van der Waals surface area contributed by atoms with Crippen molar-refractivity contribution in [3.05, 3.63) is 0 Å². The molecular weight excluding hydrogens is 228 g/mol. The predicted octanol–water partition coefficient (Wildman–Crippen LogP) is -0.734. The topological polar surface area (TPSA) is 126 Å². The minimum absolute atomic E-state index is 0.127. The molecular formula is C8H10N6O3. The van der Waals surface area contributed by atoms with Crippen molar-refractivity contribution in [2.24, 2.45) is 0 Å². The maximum atomic E-state index is 10.6. The molecule has 2 rings (SSSR count). The van der Waals surface area contributed by atoms with Gasteiger partial charge in [0, 0.05) is 20.0 Å². The molecule has 90 valence electrons. The number of hydrogen-bond acceptors (Lipinski definition) is 8. The monoisotopic (exact) mass is 238 g/mol. The first kappa shape index (κ1) is 11.0. The highest BCUT2D eigenvalue weighted by molar-refractivity contribution is 5.72. The lowest BCUT2D eigenvalue weighted by Crippen LogP contribution is -2.26. The fourth-order valence-electron chi connectivity index (χ4n) is 1.17. The van der Waals surface area contributed by atoms with Crippen molar-refractivity contribution in [3.63, 3.8) is 0 Å². The van der Waals surface area contributed by atoms with Crippen molar-refractivity contribution >= 4 is 23.0 Å². The van der Waals surface area contributed by atoms with Crippen LogP contribution < -0.4 is 10.6 Å². The number of aromatic hydroxyl groups is 1. The largest absolute Gasteiger partial charge is 0.491 e. The van der Waals surface area contributed by atoms with Gasteiger partial charge in [-0.25, -0.2) is 4.63 Å². The Morgan fingerprint density at radius 3 is 2.71 bits per heavy atom. The van der Waals surface area contributed by atoms with Crippen molar-refractivity contribution in [3.8, 4) is 5.88 Å². The molecule has 17 heavy (non-hydrogen) atoms. The summed E-state index contributed by atoms with van der Waals surface area (Å²) in [6, 6.07) is 0. The molecule has 0 atom stereocenters. The Bertz CT molecular complexity index is 539. The Labute approximate surface area is 95.2 Å². The minimum Gasteiger partial charge on any atom is -0.491 e. The van der Waals surface area contributed by atoms with E-state index >= 15 is 0 Å². The van der Waals surface area contributed by atoms with E-state index in [1.54, 1.807) is 0 Å². The fourth-order valence-corrected chi connectivity index (χ4v) is 1.17. The molecule has 0 aromatic carbocycles. The second-order valence-corrected chi connectivity index (χ2v) is 3.22. The molecule has 9 nitrogen and oxygen atoms in total. The van der Waals surface area contributed by atoms with E-state index in [2.05, 4.69) is 35.5 Å². The lowest BCUT2D eigenvalue weighted by Gasteiger charge is -2.06. The highest BCUT2D eigenvalue weighted by atomic mass is 16.6.